The predicted molar refractivity (Wildman–Crippen MR) is 86.5 cm³/mol. The second-order valence-corrected chi connectivity index (χ2v) is 5.34. The molecule has 2 rings (SSSR count). The molecule has 0 amide bonds. The zero-order chi connectivity index (χ0) is 16.1. The van der Waals surface area contributed by atoms with E-state index >= 15 is 0 Å². The van der Waals surface area contributed by atoms with Gasteiger partial charge in [-0.05, 0) is 24.7 Å². The predicted octanol–water partition coefficient (Wildman–Crippen LogP) is 1.64. The van der Waals surface area contributed by atoms with Gasteiger partial charge in [-0.1, -0.05) is 18.2 Å². The Morgan fingerprint density at radius 3 is 2.45 bits per heavy atom. The van der Waals surface area contributed by atoms with Crippen LogP contribution in [-0.2, 0) is 6.54 Å². The number of aliphatic hydroxyl groups excluding tert-OH is 2. The number of likely N-dealkylation sites (N-methyl/N-ethyl adjacent to an activating group) is 1. The molecule has 5 nitrogen and oxygen atoms in total. The first-order chi connectivity index (χ1) is 10.6. The molecular formula is C17H23NO4. The number of hydrogen-bond acceptors (Lipinski definition) is 5. The highest BCUT2D eigenvalue weighted by Crippen LogP contribution is 2.35. The number of ether oxygens (including phenoxy) is 2. The van der Waals surface area contributed by atoms with Crippen molar-refractivity contribution in [2.24, 2.45) is 0 Å². The molecule has 0 fully saturated rings. The molecule has 0 aliphatic heterocycles. The Balaban J connectivity index is 2.41. The average Bonchev–Trinajstić information content (AvgIpc) is 2.54. The topological polar surface area (TPSA) is 62.2 Å². The Labute approximate surface area is 130 Å². The average molecular weight is 305 g/mol. The Morgan fingerprint density at radius 1 is 1.09 bits per heavy atom. The van der Waals surface area contributed by atoms with E-state index in [2.05, 4.69) is 0 Å². The molecule has 0 aliphatic rings. The number of benzene rings is 2. The van der Waals surface area contributed by atoms with E-state index in [1.54, 1.807) is 14.2 Å². The van der Waals surface area contributed by atoms with Gasteiger partial charge in [0, 0.05) is 23.9 Å². The first kappa shape index (κ1) is 16.5. The van der Waals surface area contributed by atoms with Gasteiger partial charge in [-0.25, -0.2) is 0 Å². The van der Waals surface area contributed by atoms with E-state index < -0.39 is 6.10 Å². The van der Waals surface area contributed by atoms with Gasteiger partial charge in [-0.15, -0.1) is 0 Å². The minimum Gasteiger partial charge on any atom is -0.496 e. The van der Waals surface area contributed by atoms with Crippen molar-refractivity contribution in [3.8, 4) is 11.5 Å². The van der Waals surface area contributed by atoms with Crippen LogP contribution in [0.25, 0.3) is 10.8 Å². The fourth-order valence-corrected chi connectivity index (χ4v) is 2.67. The van der Waals surface area contributed by atoms with Crippen LogP contribution in [0.5, 0.6) is 11.5 Å². The SMILES string of the molecule is COc1ccc(CN(C)C[C@H](O)CO)c2c(OC)cccc12. The second kappa shape index (κ2) is 7.45. The molecule has 0 radical (unpaired) electrons. The first-order valence-corrected chi connectivity index (χ1v) is 7.20. The van der Waals surface area contributed by atoms with Gasteiger partial charge in [0.25, 0.3) is 0 Å². The molecule has 22 heavy (non-hydrogen) atoms. The van der Waals surface area contributed by atoms with Crippen LogP contribution < -0.4 is 9.47 Å². The molecule has 0 heterocycles. The summed E-state index contributed by atoms with van der Waals surface area (Å²) in [4.78, 5) is 1.97. The molecule has 0 saturated carbocycles. The van der Waals surface area contributed by atoms with Gasteiger partial charge in [0.15, 0.2) is 0 Å². The van der Waals surface area contributed by atoms with Crippen molar-refractivity contribution < 1.29 is 19.7 Å². The summed E-state index contributed by atoms with van der Waals surface area (Å²) in [5.74, 6) is 1.60. The lowest BCUT2D eigenvalue weighted by Crippen LogP contribution is -2.31. The van der Waals surface area contributed by atoms with E-state index in [0.29, 0.717) is 13.1 Å². The Hall–Kier alpha value is -1.82. The van der Waals surface area contributed by atoms with Gasteiger partial charge >= 0.3 is 0 Å². The van der Waals surface area contributed by atoms with Crippen LogP contribution in [0.4, 0.5) is 0 Å². The normalized spacial score (nSPS) is 12.6. The molecule has 5 heteroatoms. The molecule has 0 saturated heterocycles. The second-order valence-electron chi connectivity index (χ2n) is 5.34. The van der Waals surface area contributed by atoms with Crippen molar-refractivity contribution in [3.05, 3.63) is 35.9 Å². The smallest absolute Gasteiger partial charge is 0.127 e. The third-order valence-corrected chi connectivity index (χ3v) is 3.66. The fraction of sp³-hybridized carbons (Fsp3) is 0.412. The van der Waals surface area contributed by atoms with Gasteiger partial charge in [0.05, 0.1) is 26.9 Å². The minimum atomic E-state index is -0.739. The number of hydrogen-bond donors (Lipinski definition) is 2. The van der Waals surface area contributed by atoms with Gasteiger partial charge < -0.3 is 19.7 Å². The van der Waals surface area contributed by atoms with E-state index in [1.807, 2.05) is 42.3 Å². The fourth-order valence-electron chi connectivity index (χ4n) is 2.67. The molecule has 2 aromatic rings. The summed E-state index contributed by atoms with van der Waals surface area (Å²) in [5.41, 5.74) is 1.08. The highest BCUT2D eigenvalue weighted by molar-refractivity contribution is 5.95. The molecule has 0 spiro atoms. The lowest BCUT2D eigenvalue weighted by atomic mass is 10.0. The maximum atomic E-state index is 9.57. The minimum absolute atomic E-state index is 0.239. The van der Waals surface area contributed by atoms with Crippen LogP contribution in [-0.4, -0.2) is 55.6 Å². The van der Waals surface area contributed by atoms with Crippen molar-refractivity contribution in [2.75, 3.05) is 34.4 Å². The van der Waals surface area contributed by atoms with E-state index in [0.717, 1.165) is 27.8 Å². The maximum absolute atomic E-state index is 9.57. The van der Waals surface area contributed by atoms with Crippen molar-refractivity contribution in [2.45, 2.75) is 12.6 Å². The molecule has 0 unspecified atom stereocenters. The van der Waals surface area contributed by atoms with Crippen LogP contribution in [0.1, 0.15) is 5.56 Å². The third-order valence-electron chi connectivity index (χ3n) is 3.66. The summed E-state index contributed by atoms with van der Waals surface area (Å²) in [5, 5.41) is 20.5. The molecule has 120 valence electrons. The number of aliphatic hydroxyl groups is 2. The first-order valence-electron chi connectivity index (χ1n) is 7.20. The Kier molecular flexibility index (Phi) is 5.60. The van der Waals surface area contributed by atoms with Crippen molar-refractivity contribution in [1.29, 1.82) is 0 Å². The lowest BCUT2D eigenvalue weighted by molar-refractivity contribution is 0.0649. The summed E-state index contributed by atoms with van der Waals surface area (Å²) >= 11 is 0. The molecule has 2 aromatic carbocycles. The van der Waals surface area contributed by atoms with E-state index in [4.69, 9.17) is 14.6 Å². The van der Waals surface area contributed by atoms with Gasteiger partial charge in [-0.3, -0.25) is 4.90 Å². The van der Waals surface area contributed by atoms with E-state index in [-0.39, 0.29) is 6.61 Å². The summed E-state index contributed by atoms with van der Waals surface area (Å²) in [6, 6.07) is 9.81. The summed E-state index contributed by atoms with van der Waals surface area (Å²) < 4.78 is 10.9. The largest absolute Gasteiger partial charge is 0.496 e. The third kappa shape index (κ3) is 3.50. The highest BCUT2D eigenvalue weighted by Gasteiger charge is 2.14. The zero-order valence-corrected chi connectivity index (χ0v) is 13.2. The van der Waals surface area contributed by atoms with Crippen LogP contribution >= 0.6 is 0 Å². The molecular weight excluding hydrogens is 282 g/mol. The Morgan fingerprint density at radius 2 is 1.82 bits per heavy atom. The van der Waals surface area contributed by atoms with Gasteiger partial charge in [0.1, 0.15) is 11.5 Å². The highest BCUT2D eigenvalue weighted by atomic mass is 16.5. The van der Waals surface area contributed by atoms with Crippen LogP contribution in [0, 0.1) is 0 Å². The monoisotopic (exact) mass is 305 g/mol. The summed E-state index contributed by atoms with van der Waals surface area (Å²) in [6.45, 7) is 0.800. The molecule has 0 aliphatic carbocycles. The zero-order valence-electron chi connectivity index (χ0n) is 13.2. The Bertz CT molecular complexity index is 629. The quantitative estimate of drug-likeness (QED) is 0.814. The van der Waals surface area contributed by atoms with Crippen LogP contribution in [0.15, 0.2) is 30.3 Å². The van der Waals surface area contributed by atoms with Crippen LogP contribution in [0.3, 0.4) is 0 Å². The van der Waals surface area contributed by atoms with E-state index in [9.17, 15) is 5.11 Å². The molecule has 2 N–H and O–H groups in total. The summed E-state index contributed by atoms with van der Waals surface area (Å²) in [6.07, 6.45) is -0.739. The van der Waals surface area contributed by atoms with Crippen molar-refractivity contribution in [1.82, 2.24) is 4.90 Å². The van der Waals surface area contributed by atoms with Crippen LogP contribution in [0.2, 0.25) is 0 Å². The van der Waals surface area contributed by atoms with Crippen molar-refractivity contribution >= 4 is 10.8 Å². The molecule has 0 aromatic heterocycles. The van der Waals surface area contributed by atoms with Gasteiger partial charge in [-0.2, -0.15) is 0 Å². The number of methoxy groups -OCH3 is 2. The molecule has 0 bridgehead atoms. The summed E-state index contributed by atoms with van der Waals surface area (Å²) in [7, 11) is 5.21. The van der Waals surface area contributed by atoms with Crippen molar-refractivity contribution in [3.63, 3.8) is 0 Å². The number of rotatable bonds is 7. The van der Waals surface area contributed by atoms with E-state index in [1.165, 1.54) is 0 Å². The molecule has 1 atom stereocenters. The number of fused-ring (bicyclic) bond motifs is 1. The standard InChI is InChI=1S/C17H23NO4/c1-18(10-13(20)11-19)9-12-7-8-15(21-2)14-5-4-6-16(22-3)17(12)14/h4-8,13,19-20H,9-11H2,1-3H3/t13-/m0/s1. The maximum Gasteiger partial charge on any atom is 0.127 e. The van der Waals surface area contributed by atoms with Gasteiger partial charge in [0.2, 0.25) is 0 Å². The lowest BCUT2D eigenvalue weighted by Gasteiger charge is -2.21. The number of nitrogens with zero attached hydrogens (tertiary/aromatic N) is 1.